The topological polar surface area (TPSA) is 35.5 Å². The van der Waals surface area contributed by atoms with Crippen molar-refractivity contribution in [2.24, 2.45) is 5.41 Å². The van der Waals surface area contributed by atoms with Gasteiger partial charge in [-0.05, 0) is 50.6 Å². The van der Waals surface area contributed by atoms with E-state index in [-0.39, 0.29) is 18.1 Å². The normalized spacial score (nSPS) is 31.3. The molecule has 3 nitrogen and oxygen atoms in total. The van der Waals surface area contributed by atoms with Crippen LogP contribution in [0.25, 0.3) is 0 Å². The zero-order valence-electron chi connectivity index (χ0n) is 12.3. The average molecular weight is 254 g/mol. The Morgan fingerprint density at radius 3 is 2.72 bits per heavy atom. The van der Waals surface area contributed by atoms with Crippen LogP contribution in [-0.2, 0) is 0 Å². The van der Waals surface area contributed by atoms with Gasteiger partial charge in [0, 0.05) is 18.1 Å². The lowest BCUT2D eigenvalue weighted by molar-refractivity contribution is 0.135. The second-order valence-electron chi connectivity index (χ2n) is 7.36. The molecule has 0 radical (unpaired) electrons. The third-order valence-electron chi connectivity index (χ3n) is 4.37. The van der Waals surface area contributed by atoms with Crippen LogP contribution in [0.5, 0.6) is 0 Å². The molecule has 3 heteroatoms. The van der Waals surface area contributed by atoms with Gasteiger partial charge in [-0.1, -0.05) is 20.8 Å². The number of fused-ring (bicyclic) bond motifs is 1. The predicted molar refractivity (Wildman–Crippen MR) is 75.7 cm³/mol. The zero-order chi connectivity index (χ0) is 13.2. The molecule has 106 valence electrons. The van der Waals surface area contributed by atoms with Gasteiger partial charge in [-0.3, -0.25) is 0 Å². The van der Waals surface area contributed by atoms with Gasteiger partial charge in [0.05, 0.1) is 6.61 Å². The molecule has 2 rings (SSSR count). The first-order valence-electron chi connectivity index (χ1n) is 7.59. The number of aliphatic hydroxyl groups excluding tert-OH is 1. The largest absolute Gasteiger partial charge is 0.395 e. The monoisotopic (exact) mass is 254 g/mol. The summed E-state index contributed by atoms with van der Waals surface area (Å²) in [5.74, 6) is 0. The minimum absolute atomic E-state index is 0.266. The first kappa shape index (κ1) is 14.3. The van der Waals surface area contributed by atoms with E-state index in [2.05, 4.69) is 31.0 Å². The smallest absolute Gasteiger partial charge is 0.0584 e. The van der Waals surface area contributed by atoms with Gasteiger partial charge in [0.15, 0.2) is 0 Å². The van der Waals surface area contributed by atoms with E-state index in [1.807, 2.05) is 0 Å². The first-order valence-corrected chi connectivity index (χ1v) is 7.59. The lowest BCUT2D eigenvalue weighted by Crippen LogP contribution is -2.50. The number of hydrogen-bond acceptors (Lipinski definition) is 3. The predicted octanol–water partition coefficient (Wildman–Crippen LogP) is 2.00. The molecule has 0 bridgehead atoms. The molecule has 0 amide bonds. The van der Waals surface area contributed by atoms with Crippen LogP contribution in [0.2, 0.25) is 0 Å². The van der Waals surface area contributed by atoms with Crippen molar-refractivity contribution in [1.29, 1.82) is 0 Å². The van der Waals surface area contributed by atoms with E-state index in [0.717, 1.165) is 12.5 Å². The maximum absolute atomic E-state index is 9.53. The van der Waals surface area contributed by atoms with Gasteiger partial charge >= 0.3 is 0 Å². The van der Waals surface area contributed by atoms with E-state index >= 15 is 0 Å². The van der Waals surface area contributed by atoms with Crippen LogP contribution in [0.15, 0.2) is 0 Å². The summed E-state index contributed by atoms with van der Waals surface area (Å²) < 4.78 is 0. The number of hydrogen-bond donors (Lipinski definition) is 2. The minimum atomic E-state index is 0.266. The Labute approximate surface area is 112 Å². The van der Waals surface area contributed by atoms with Gasteiger partial charge in [0.1, 0.15) is 0 Å². The molecule has 2 saturated heterocycles. The van der Waals surface area contributed by atoms with Gasteiger partial charge in [-0.25, -0.2) is 0 Å². The van der Waals surface area contributed by atoms with Crippen molar-refractivity contribution in [2.75, 3.05) is 19.7 Å². The lowest BCUT2D eigenvalue weighted by atomic mass is 9.87. The second-order valence-corrected chi connectivity index (χ2v) is 7.36. The van der Waals surface area contributed by atoms with Crippen molar-refractivity contribution in [3.8, 4) is 0 Å². The van der Waals surface area contributed by atoms with E-state index in [0.29, 0.717) is 6.04 Å². The van der Waals surface area contributed by atoms with E-state index in [4.69, 9.17) is 0 Å². The Balaban J connectivity index is 1.81. The fraction of sp³-hybridized carbons (Fsp3) is 1.00. The molecular weight excluding hydrogens is 224 g/mol. The highest BCUT2D eigenvalue weighted by atomic mass is 16.3. The van der Waals surface area contributed by atoms with Crippen LogP contribution in [0.1, 0.15) is 52.9 Å². The summed E-state index contributed by atoms with van der Waals surface area (Å²) >= 11 is 0. The Morgan fingerprint density at radius 1 is 1.28 bits per heavy atom. The molecule has 0 aromatic rings. The Morgan fingerprint density at radius 2 is 2.06 bits per heavy atom. The number of piperidine rings is 1. The summed E-state index contributed by atoms with van der Waals surface area (Å²) in [5.41, 5.74) is 0.286. The van der Waals surface area contributed by atoms with E-state index in [1.54, 1.807) is 0 Å². The molecule has 0 saturated carbocycles. The molecule has 18 heavy (non-hydrogen) atoms. The van der Waals surface area contributed by atoms with E-state index < -0.39 is 0 Å². The summed E-state index contributed by atoms with van der Waals surface area (Å²) in [5, 5.41) is 13.2. The minimum Gasteiger partial charge on any atom is -0.395 e. The maximum Gasteiger partial charge on any atom is 0.0584 e. The quantitative estimate of drug-likeness (QED) is 0.805. The van der Waals surface area contributed by atoms with Gasteiger partial charge in [0.25, 0.3) is 0 Å². The van der Waals surface area contributed by atoms with Gasteiger partial charge < -0.3 is 15.3 Å². The van der Waals surface area contributed by atoms with Gasteiger partial charge in [0.2, 0.25) is 0 Å². The molecule has 0 aromatic carbocycles. The van der Waals surface area contributed by atoms with Crippen molar-refractivity contribution < 1.29 is 5.11 Å². The van der Waals surface area contributed by atoms with Crippen LogP contribution in [0.4, 0.5) is 0 Å². The molecule has 2 aliphatic rings. The summed E-state index contributed by atoms with van der Waals surface area (Å²) in [6.45, 7) is 9.56. The first-order chi connectivity index (χ1) is 8.48. The Bertz CT molecular complexity index is 262. The molecule has 0 aliphatic carbocycles. The SMILES string of the molecule is CC(C)(C)CC(CO)NC1CCN2CCCC2C1. The highest BCUT2D eigenvalue weighted by molar-refractivity contribution is 4.90. The molecule has 3 atom stereocenters. The lowest BCUT2D eigenvalue weighted by Gasteiger charge is -2.37. The number of nitrogens with zero attached hydrogens (tertiary/aromatic N) is 1. The van der Waals surface area contributed by atoms with Crippen molar-refractivity contribution in [3.63, 3.8) is 0 Å². The maximum atomic E-state index is 9.53. The second kappa shape index (κ2) is 5.89. The molecule has 3 unspecified atom stereocenters. The van der Waals surface area contributed by atoms with Crippen LogP contribution < -0.4 is 5.32 Å². The summed E-state index contributed by atoms with van der Waals surface area (Å²) in [7, 11) is 0. The summed E-state index contributed by atoms with van der Waals surface area (Å²) in [4.78, 5) is 2.65. The Kier molecular flexibility index (Phi) is 4.68. The van der Waals surface area contributed by atoms with Gasteiger partial charge in [-0.2, -0.15) is 0 Å². The van der Waals surface area contributed by atoms with Crippen molar-refractivity contribution in [2.45, 2.75) is 71.0 Å². The highest BCUT2D eigenvalue weighted by Crippen LogP contribution is 2.28. The average Bonchev–Trinajstić information content (AvgIpc) is 2.73. The number of nitrogens with one attached hydrogen (secondary N) is 1. The molecule has 2 heterocycles. The molecular formula is C15H30N2O. The van der Waals surface area contributed by atoms with Crippen molar-refractivity contribution in [1.82, 2.24) is 10.2 Å². The molecule has 0 aromatic heterocycles. The van der Waals surface area contributed by atoms with Crippen LogP contribution >= 0.6 is 0 Å². The number of aliphatic hydroxyl groups is 1. The summed E-state index contributed by atoms with van der Waals surface area (Å²) in [6.07, 6.45) is 6.33. The molecule has 2 aliphatic heterocycles. The number of rotatable bonds is 4. The van der Waals surface area contributed by atoms with E-state index in [9.17, 15) is 5.11 Å². The molecule has 2 fully saturated rings. The fourth-order valence-corrected chi connectivity index (χ4v) is 3.62. The third kappa shape index (κ3) is 3.94. The fourth-order valence-electron chi connectivity index (χ4n) is 3.62. The van der Waals surface area contributed by atoms with Crippen molar-refractivity contribution in [3.05, 3.63) is 0 Å². The zero-order valence-corrected chi connectivity index (χ0v) is 12.3. The summed E-state index contributed by atoms with van der Waals surface area (Å²) in [6, 6.07) is 1.69. The highest BCUT2D eigenvalue weighted by Gasteiger charge is 2.32. The van der Waals surface area contributed by atoms with Gasteiger partial charge in [-0.15, -0.1) is 0 Å². The van der Waals surface area contributed by atoms with Crippen LogP contribution in [0, 0.1) is 5.41 Å². The van der Waals surface area contributed by atoms with Crippen LogP contribution in [-0.4, -0.2) is 47.8 Å². The van der Waals surface area contributed by atoms with Crippen LogP contribution in [0.3, 0.4) is 0 Å². The van der Waals surface area contributed by atoms with Crippen molar-refractivity contribution >= 4 is 0 Å². The third-order valence-corrected chi connectivity index (χ3v) is 4.37. The Hall–Kier alpha value is -0.120. The molecule has 2 N–H and O–H groups in total. The standard InChI is InChI=1S/C15H30N2O/c1-15(2,3)10-13(11-18)16-12-6-8-17-7-4-5-14(17)9-12/h12-14,16,18H,4-11H2,1-3H3. The van der Waals surface area contributed by atoms with E-state index in [1.165, 1.54) is 38.8 Å². The molecule has 0 spiro atoms.